The van der Waals surface area contributed by atoms with Gasteiger partial charge < -0.3 is 10.1 Å². The highest BCUT2D eigenvalue weighted by molar-refractivity contribution is 6.34. The Balaban J connectivity index is 1.54. The van der Waals surface area contributed by atoms with Crippen LogP contribution < -0.4 is 10.1 Å². The van der Waals surface area contributed by atoms with Crippen LogP contribution in [0.2, 0.25) is 5.02 Å². The maximum atomic E-state index is 12.9. The number of halogens is 1. The van der Waals surface area contributed by atoms with Crippen LogP contribution in [-0.2, 0) is 6.61 Å². The number of carbonyl (C=O) groups excluding carboxylic acids is 1. The first-order valence-corrected chi connectivity index (χ1v) is 9.31. The minimum Gasteiger partial charge on any atom is -0.485 e. The minimum atomic E-state index is -0.335. The largest absolute Gasteiger partial charge is 0.485 e. The Bertz CT molecular complexity index is 1110. The van der Waals surface area contributed by atoms with Gasteiger partial charge in [0, 0.05) is 18.6 Å². The summed E-state index contributed by atoms with van der Waals surface area (Å²) in [5, 5.41) is 7.41. The number of hydrogen-bond donors (Lipinski definition) is 1. The summed E-state index contributed by atoms with van der Waals surface area (Å²) in [7, 11) is 0. The summed E-state index contributed by atoms with van der Waals surface area (Å²) in [5.74, 6) is 0.212. The average molecular weight is 405 g/mol. The second kappa shape index (κ2) is 8.58. The fraction of sp³-hybridized carbons (Fsp3) is 0.0455. The van der Waals surface area contributed by atoms with Crippen molar-refractivity contribution in [3.63, 3.8) is 0 Å². The van der Waals surface area contributed by atoms with Gasteiger partial charge in [-0.15, -0.1) is 0 Å². The Hall–Kier alpha value is -3.64. The lowest BCUT2D eigenvalue weighted by atomic mass is 10.1. The first kappa shape index (κ1) is 18.7. The molecule has 144 valence electrons. The van der Waals surface area contributed by atoms with E-state index in [2.05, 4.69) is 15.4 Å². The van der Waals surface area contributed by atoms with Gasteiger partial charge >= 0.3 is 0 Å². The molecule has 0 saturated heterocycles. The topological polar surface area (TPSA) is 69.0 Å². The van der Waals surface area contributed by atoms with Gasteiger partial charge in [-0.25, -0.2) is 4.68 Å². The smallest absolute Gasteiger partial charge is 0.257 e. The second-order valence-electron chi connectivity index (χ2n) is 6.17. The van der Waals surface area contributed by atoms with Crippen LogP contribution in [0, 0.1) is 0 Å². The quantitative estimate of drug-likeness (QED) is 0.503. The number of amides is 1. The highest BCUT2D eigenvalue weighted by Crippen LogP contribution is 2.27. The van der Waals surface area contributed by atoms with Gasteiger partial charge in [0.25, 0.3) is 5.91 Å². The maximum Gasteiger partial charge on any atom is 0.257 e. The van der Waals surface area contributed by atoms with Crippen molar-refractivity contribution in [2.24, 2.45) is 0 Å². The van der Waals surface area contributed by atoms with Crippen LogP contribution in [0.25, 0.3) is 5.69 Å². The number of rotatable bonds is 6. The molecule has 0 spiro atoms. The molecule has 4 aromatic rings. The first-order valence-electron chi connectivity index (χ1n) is 8.93. The number of benzene rings is 2. The van der Waals surface area contributed by atoms with Gasteiger partial charge in [-0.2, -0.15) is 5.10 Å². The van der Waals surface area contributed by atoms with Gasteiger partial charge in [0.1, 0.15) is 12.4 Å². The van der Waals surface area contributed by atoms with Crippen LogP contribution in [0.4, 0.5) is 5.69 Å². The van der Waals surface area contributed by atoms with Crippen molar-refractivity contribution in [3.05, 3.63) is 102 Å². The van der Waals surface area contributed by atoms with E-state index in [9.17, 15) is 4.79 Å². The van der Waals surface area contributed by atoms with Crippen LogP contribution in [-0.4, -0.2) is 20.7 Å². The van der Waals surface area contributed by atoms with E-state index in [0.717, 1.165) is 11.4 Å². The van der Waals surface area contributed by atoms with Gasteiger partial charge in [0.05, 0.1) is 27.7 Å². The van der Waals surface area contributed by atoms with Gasteiger partial charge in [-0.05, 0) is 48.5 Å². The molecule has 0 aliphatic rings. The molecule has 4 rings (SSSR count). The van der Waals surface area contributed by atoms with Gasteiger partial charge in [0.15, 0.2) is 0 Å². The van der Waals surface area contributed by atoms with E-state index in [0.29, 0.717) is 28.6 Å². The van der Waals surface area contributed by atoms with Crippen molar-refractivity contribution in [2.45, 2.75) is 6.61 Å². The Morgan fingerprint density at radius 2 is 1.90 bits per heavy atom. The molecule has 7 heteroatoms. The Morgan fingerprint density at radius 1 is 1.03 bits per heavy atom. The van der Waals surface area contributed by atoms with Crippen molar-refractivity contribution < 1.29 is 9.53 Å². The molecule has 1 N–H and O–H groups in total. The third-order valence-corrected chi connectivity index (χ3v) is 4.53. The summed E-state index contributed by atoms with van der Waals surface area (Å²) in [6.45, 7) is 0.295. The number of nitrogens with one attached hydrogen (secondary N) is 1. The summed E-state index contributed by atoms with van der Waals surface area (Å²) < 4.78 is 7.51. The molecule has 2 aromatic heterocycles. The number of pyridine rings is 1. The van der Waals surface area contributed by atoms with Gasteiger partial charge in [-0.3, -0.25) is 9.78 Å². The molecule has 0 fully saturated rings. The number of aromatic nitrogens is 3. The minimum absolute atomic E-state index is 0.295. The van der Waals surface area contributed by atoms with Gasteiger partial charge in [0.2, 0.25) is 0 Å². The van der Waals surface area contributed by atoms with Crippen LogP contribution in [0.1, 0.15) is 16.1 Å². The Labute approximate surface area is 172 Å². The number of para-hydroxylation sites is 2. The summed E-state index contributed by atoms with van der Waals surface area (Å²) in [6, 6.07) is 19.8. The molecule has 6 nitrogen and oxygen atoms in total. The molecule has 0 aliphatic heterocycles. The summed E-state index contributed by atoms with van der Waals surface area (Å²) in [6.07, 6.45) is 5.18. The summed E-state index contributed by atoms with van der Waals surface area (Å²) in [5.41, 5.74) is 2.43. The van der Waals surface area contributed by atoms with Gasteiger partial charge in [-0.1, -0.05) is 29.8 Å². The lowest BCUT2D eigenvalue weighted by Crippen LogP contribution is -2.14. The molecule has 29 heavy (non-hydrogen) atoms. The molecule has 0 aliphatic carbocycles. The van der Waals surface area contributed by atoms with E-state index in [1.165, 1.54) is 0 Å². The third kappa shape index (κ3) is 4.44. The number of ether oxygens (including phenoxy) is 1. The highest BCUT2D eigenvalue weighted by atomic mass is 35.5. The van der Waals surface area contributed by atoms with Crippen LogP contribution >= 0.6 is 11.6 Å². The normalized spacial score (nSPS) is 10.5. The van der Waals surface area contributed by atoms with E-state index in [1.54, 1.807) is 53.6 Å². The fourth-order valence-corrected chi connectivity index (χ4v) is 2.98. The van der Waals surface area contributed by atoms with Crippen LogP contribution in [0.15, 0.2) is 85.3 Å². The van der Waals surface area contributed by atoms with E-state index in [1.807, 2.05) is 36.4 Å². The monoisotopic (exact) mass is 404 g/mol. The predicted molar refractivity (Wildman–Crippen MR) is 112 cm³/mol. The zero-order valence-corrected chi connectivity index (χ0v) is 16.1. The molecular weight excluding hydrogens is 388 g/mol. The van der Waals surface area contributed by atoms with Crippen molar-refractivity contribution in [2.75, 3.05) is 5.32 Å². The molecule has 2 heterocycles. The van der Waals surface area contributed by atoms with E-state index in [4.69, 9.17) is 16.3 Å². The maximum absolute atomic E-state index is 12.9. The number of nitrogens with zero attached hydrogens (tertiary/aromatic N) is 3. The zero-order valence-electron chi connectivity index (χ0n) is 15.3. The summed E-state index contributed by atoms with van der Waals surface area (Å²) in [4.78, 5) is 17.1. The number of carbonyl (C=O) groups is 1. The van der Waals surface area contributed by atoms with Crippen molar-refractivity contribution in [1.82, 2.24) is 14.8 Å². The van der Waals surface area contributed by atoms with Crippen molar-refractivity contribution in [3.8, 4) is 11.4 Å². The Kier molecular flexibility index (Phi) is 5.54. The van der Waals surface area contributed by atoms with E-state index >= 15 is 0 Å². The fourth-order valence-electron chi connectivity index (χ4n) is 2.77. The second-order valence-corrected chi connectivity index (χ2v) is 6.58. The standard InChI is InChI=1S/C22H17ClN4O2/c23-19-10-9-17(27-13-5-12-25-27)14-18(19)22(28)26-20-7-1-2-8-21(20)29-15-16-6-3-4-11-24-16/h1-14H,15H2,(H,26,28). The molecule has 0 bridgehead atoms. The average Bonchev–Trinajstić information content (AvgIpc) is 3.29. The number of hydrogen-bond acceptors (Lipinski definition) is 4. The van der Waals surface area contributed by atoms with E-state index in [-0.39, 0.29) is 5.91 Å². The highest BCUT2D eigenvalue weighted by Gasteiger charge is 2.15. The lowest BCUT2D eigenvalue weighted by Gasteiger charge is -2.13. The molecule has 2 aromatic carbocycles. The third-order valence-electron chi connectivity index (χ3n) is 4.20. The number of anilines is 1. The molecule has 0 atom stereocenters. The Morgan fingerprint density at radius 3 is 2.69 bits per heavy atom. The van der Waals surface area contributed by atoms with Crippen molar-refractivity contribution >= 4 is 23.2 Å². The summed E-state index contributed by atoms with van der Waals surface area (Å²) >= 11 is 6.27. The molecular formula is C22H17ClN4O2. The zero-order chi connectivity index (χ0) is 20.1. The lowest BCUT2D eigenvalue weighted by molar-refractivity contribution is 0.102. The van der Waals surface area contributed by atoms with E-state index < -0.39 is 0 Å². The van der Waals surface area contributed by atoms with Crippen LogP contribution in [0.3, 0.4) is 0 Å². The molecule has 0 unspecified atom stereocenters. The predicted octanol–water partition coefficient (Wildman–Crippen LogP) is 4.75. The SMILES string of the molecule is O=C(Nc1ccccc1OCc1ccccn1)c1cc(-n2cccn2)ccc1Cl. The molecule has 0 saturated carbocycles. The molecule has 1 amide bonds. The first-order chi connectivity index (χ1) is 14.2. The molecule has 0 radical (unpaired) electrons. The van der Waals surface area contributed by atoms with Crippen molar-refractivity contribution in [1.29, 1.82) is 0 Å². The van der Waals surface area contributed by atoms with Crippen LogP contribution in [0.5, 0.6) is 5.75 Å².